The van der Waals surface area contributed by atoms with Crippen molar-refractivity contribution in [1.82, 2.24) is 14.1 Å². The summed E-state index contributed by atoms with van der Waals surface area (Å²) in [6.07, 6.45) is 0. The number of hydrogen-bond donors (Lipinski definition) is 1. The lowest BCUT2D eigenvalue weighted by Crippen LogP contribution is -2.47. The number of piperazine rings is 1. The Bertz CT molecular complexity index is 1390. The second kappa shape index (κ2) is 12.3. The quantitative estimate of drug-likeness (QED) is 0.435. The van der Waals surface area contributed by atoms with Crippen molar-refractivity contribution in [3.63, 3.8) is 0 Å². The fourth-order valence-corrected chi connectivity index (χ4v) is 5.74. The molecular weight excluding hydrogens is 547 g/mol. The molecule has 1 N–H and O–H groups in total. The Hall–Kier alpha value is -2.95. The molecule has 1 aliphatic heterocycles. The van der Waals surface area contributed by atoms with Crippen LogP contribution in [0.15, 0.2) is 77.7 Å². The highest BCUT2D eigenvalue weighted by Gasteiger charge is 2.28. The molecule has 0 spiro atoms. The van der Waals surface area contributed by atoms with Crippen LogP contribution in [0.1, 0.15) is 15.9 Å². The molecule has 0 saturated carbocycles. The van der Waals surface area contributed by atoms with Gasteiger partial charge in [0.25, 0.3) is 5.91 Å². The molecule has 1 aliphatic rings. The third-order valence-electron chi connectivity index (χ3n) is 6.28. The van der Waals surface area contributed by atoms with Crippen molar-refractivity contribution in [3.8, 4) is 0 Å². The minimum atomic E-state index is -4.05. The van der Waals surface area contributed by atoms with E-state index in [1.807, 2.05) is 11.9 Å². The van der Waals surface area contributed by atoms with Gasteiger partial charge in [0.1, 0.15) is 0 Å². The Labute approximate surface area is 232 Å². The molecule has 200 valence electrons. The summed E-state index contributed by atoms with van der Waals surface area (Å²) in [6, 6.07) is 19.2. The molecule has 0 bridgehead atoms. The van der Waals surface area contributed by atoms with Gasteiger partial charge in [-0.05, 0) is 67.2 Å². The minimum Gasteiger partial charge on any atom is -0.336 e. The average molecular weight is 576 g/mol. The first-order chi connectivity index (χ1) is 18.1. The van der Waals surface area contributed by atoms with Crippen molar-refractivity contribution in [2.24, 2.45) is 0 Å². The van der Waals surface area contributed by atoms with Gasteiger partial charge in [0.2, 0.25) is 15.9 Å². The molecule has 3 aromatic rings. The summed E-state index contributed by atoms with van der Waals surface area (Å²) in [5.41, 5.74) is 1.54. The maximum absolute atomic E-state index is 13.5. The Morgan fingerprint density at radius 3 is 2.16 bits per heavy atom. The number of halogens is 2. The lowest BCUT2D eigenvalue weighted by Gasteiger charge is -2.32. The maximum Gasteiger partial charge on any atom is 0.253 e. The number of nitrogens with zero attached hydrogens (tertiary/aromatic N) is 3. The van der Waals surface area contributed by atoms with Gasteiger partial charge in [-0.15, -0.1) is 0 Å². The van der Waals surface area contributed by atoms with Crippen molar-refractivity contribution >= 4 is 50.7 Å². The molecule has 0 atom stereocenters. The first-order valence-electron chi connectivity index (χ1n) is 12.0. The van der Waals surface area contributed by atoms with Gasteiger partial charge in [-0.25, -0.2) is 8.42 Å². The number of likely N-dealkylation sites (N-methyl/N-ethyl adjacent to an activating group) is 1. The SMILES string of the molecule is CN1CCN(C(=O)c2ccc(NC(=O)CN(Cc3ccccc3Cl)S(=O)(=O)c3ccc(Cl)cc3)cc2)CC1. The fourth-order valence-electron chi connectivity index (χ4n) is 4.05. The van der Waals surface area contributed by atoms with Crippen LogP contribution in [0.5, 0.6) is 0 Å². The van der Waals surface area contributed by atoms with Crippen LogP contribution in [0.3, 0.4) is 0 Å². The topological polar surface area (TPSA) is 90.0 Å². The zero-order valence-corrected chi connectivity index (χ0v) is 23.1. The fraction of sp³-hybridized carbons (Fsp3) is 0.259. The van der Waals surface area contributed by atoms with Crippen molar-refractivity contribution in [3.05, 3.63) is 94.0 Å². The molecule has 0 aromatic heterocycles. The largest absolute Gasteiger partial charge is 0.336 e. The summed E-state index contributed by atoms with van der Waals surface area (Å²) < 4.78 is 28.0. The molecule has 2 amide bonds. The van der Waals surface area contributed by atoms with Gasteiger partial charge in [-0.1, -0.05) is 41.4 Å². The smallest absolute Gasteiger partial charge is 0.253 e. The molecule has 38 heavy (non-hydrogen) atoms. The minimum absolute atomic E-state index is 0.00789. The first kappa shape index (κ1) is 28.1. The van der Waals surface area contributed by atoms with E-state index in [0.717, 1.165) is 17.4 Å². The van der Waals surface area contributed by atoms with E-state index in [1.165, 1.54) is 24.3 Å². The van der Waals surface area contributed by atoms with Crippen molar-refractivity contribution in [2.45, 2.75) is 11.4 Å². The standard InChI is InChI=1S/C27H28Cl2N4O4S/c1-31-14-16-32(17-15-31)27(35)20-6-10-23(11-7-20)30-26(34)19-33(18-21-4-2-3-5-25(21)29)38(36,37)24-12-8-22(28)9-13-24/h2-13H,14-19H2,1H3,(H,30,34). The predicted molar refractivity (Wildman–Crippen MR) is 149 cm³/mol. The second-order valence-electron chi connectivity index (χ2n) is 9.04. The van der Waals surface area contributed by atoms with Crippen molar-refractivity contribution in [2.75, 3.05) is 45.1 Å². The molecule has 1 heterocycles. The lowest BCUT2D eigenvalue weighted by molar-refractivity contribution is -0.116. The van der Waals surface area contributed by atoms with Gasteiger partial charge < -0.3 is 15.1 Å². The van der Waals surface area contributed by atoms with Crippen molar-refractivity contribution in [1.29, 1.82) is 0 Å². The third-order valence-corrected chi connectivity index (χ3v) is 8.71. The Morgan fingerprint density at radius 2 is 1.53 bits per heavy atom. The number of sulfonamides is 1. The monoisotopic (exact) mass is 574 g/mol. The average Bonchev–Trinajstić information content (AvgIpc) is 2.90. The zero-order valence-electron chi connectivity index (χ0n) is 20.8. The molecule has 11 heteroatoms. The molecule has 0 unspecified atom stereocenters. The molecule has 0 aliphatic carbocycles. The first-order valence-corrected chi connectivity index (χ1v) is 14.2. The van der Waals surface area contributed by atoms with E-state index in [2.05, 4.69) is 10.2 Å². The van der Waals surface area contributed by atoms with Gasteiger partial charge in [-0.2, -0.15) is 4.31 Å². The van der Waals surface area contributed by atoms with E-state index >= 15 is 0 Å². The molecule has 1 saturated heterocycles. The van der Waals surface area contributed by atoms with E-state index in [4.69, 9.17) is 23.2 Å². The van der Waals surface area contributed by atoms with Gasteiger partial charge in [-0.3, -0.25) is 9.59 Å². The van der Waals surface area contributed by atoms with E-state index in [1.54, 1.807) is 48.5 Å². The van der Waals surface area contributed by atoms with Crippen molar-refractivity contribution < 1.29 is 18.0 Å². The van der Waals surface area contributed by atoms with E-state index < -0.39 is 22.5 Å². The van der Waals surface area contributed by atoms with Gasteiger partial charge in [0.05, 0.1) is 11.4 Å². The lowest BCUT2D eigenvalue weighted by atomic mass is 10.1. The van der Waals surface area contributed by atoms with Crippen LogP contribution in [0.25, 0.3) is 0 Å². The van der Waals surface area contributed by atoms with Crippen LogP contribution in [-0.2, 0) is 21.4 Å². The summed E-state index contributed by atoms with van der Waals surface area (Å²) in [4.78, 5) is 29.7. The van der Waals surface area contributed by atoms with E-state index in [9.17, 15) is 18.0 Å². The highest BCUT2D eigenvalue weighted by Crippen LogP contribution is 2.24. The Morgan fingerprint density at radius 1 is 0.895 bits per heavy atom. The van der Waals surface area contributed by atoms with E-state index in [0.29, 0.717) is 39.9 Å². The summed E-state index contributed by atoms with van der Waals surface area (Å²) in [5, 5.41) is 3.52. The highest BCUT2D eigenvalue weighted by atomic mass is 35.5. The van der Waals surface area contributed by atoms with Crippen LogP contribution < -0.4 is 5.32 Å². The van der Waals surface area contributed by atoms with Crippen LogP contribution in [-0.4, -0.2) is 74.1 Å². The molecule has 3 aromatic carbocycles. The number of nitrogens with one attached hydrogen (secondary N) is 1. The normalized spacial score (nSPS) is 14.5. The Balaban J connectivity index is 1.48. The van der Waals surface area contributed by atoms with Crippen LogP contribution in [0, 0.1) is 0 Å². The molecule has 1 fully saturated rings. The predicted octanol–water partition coefficient (Wildman–Crippen LogP) is 4.21. The van der Waals surface area contributed by atoms with Crippen LogP contribution in [0.4, 0.5) is 5.69 Å². The number of benzene rings is 3. The zero-order chi connectivity index (χ0) is 27.3. The number of carbonyl (C=O) groups excluding carboxylic acids is 2. The van der Waals surface area contributed by atoms with Crippen LogP contribution >= 0.6 is 23.2 Å². The third kappa shape index (κ3) is 6.92. The van der Waals surface area contributed by atoms with Gasteiger partial charge in [0, 0.05) is 54.0 Å². The Kier molecular flexibility index (Phi) is 9.07. The van der Waals surface area contributed by atoms with Gasteiger partial charge >= 0.3 is 0 Å². The molecular formula is C27H28Cl2N4O4S. The van der Waals surface area contributed by atoms with E-state index in [-0.39, 0.29) is 17.3 Å². The highest BCUT2D eigenvalue weighted by molar-refractivity contribution is 7.89. The van der Waals surface area contributed by atoms with Gasteiger partial charge in [0.15, 0.2) is 0 Å². The summed E-state index contributed by atoms with van der Waals surface area (Å²) in [6.45, 7) is 2.43. The second-order valence-corrected chi connectivity index (χ2v) is 11.8. The molecule has 8 nitrogen and oxygen atoms in total. The van der Waals surface area contributed by atoms with Crippen LogP contribution in [0.2, 0.25) is 10.0 Å². The maximum atomic E-state index is 13.5. The number of hydrogen-bond acceptors (Lipinski definition) is 5. The number of carbonyl (C=O) groups is 2. The number of rotatable bonds is 8. The molecule has 0 radical (unpaired) electrons. The summed E-state index contributed by atoms with van der Waals surface area (Å²) >= 11 is 12.2. The number of anilines is 1. The number of amides is 2. The summed E-state index contributed by atoms with van der Waals surface area (Å²) in [5.74, 6) is -0.594. The summed E-state index contributed by atoms with van der Waals surface area (Å²) in [7, 11) is -2.03. The molecule has 4 rings (SSSR count).